The molecule has 4 aromatic rings. The molecule has 6 rings (SSSR count). The molecular formula is C28H31F3N8. The van der Waals surface area contributed by atoms with Crippen LogP contribution in [0.25, 0.3) is 22.3 Å². The molecule has 11 heteroatoms. The number of fused-ring (bicyclic) bond motifs is 3. The third-order valence-corrected chi connectivity index (χ3v) is 7.70. The van der Waals surface area contributed by atoms with E-state index in [1.807, 2.05) is 16.7 Å². The fourth-order valence-electron chi connectivity index (χ4n) is 5.58. The summed E-state index contributed by atoms with van der Waals surface area (Å²) in [5.74, 6) is 0.365. The van der Waals surface area contributed by atoms with Crippen molar-refractivity contribution in [1.82, 2.24) is 34.3 Å². The van der Waals surface area contributed by atoms with E-state index in [9.17, 15) is 8.78 Å². The fraction of sp³-hybridized carbons (Fsp3) is 0.429. The number of benzene rings is 1. The molecule has 0 spiro atoms. The minimum Gasteiger partial charge on any atom is -0.322 e. The Labute approximate surface area is 224 Å². The van der Waals surface area contributed by atoms with Gasteiger partial charge in [-0.2, -0.15) is 0 Å². The van der Waals surface area contributed by atoms with E-state index >= 15 is 4.39 Å². The van der Waals surface area contributed by atoms with Crippen LogP contribution >= 0.6 is 0 Å². The normalized spacial score (nSPS) is 17.6. The minimum atomic E-state index is -0.644. The summed E-state index contributed by atoms with van der Waals surface area (Å²) in [5.41, 5.74) is 2.11. The monoisotopic (exact) mass is 536 g/mol. The van der Waals surface area contributed by atoms with Gasteiger partial charge >= 0.3 is 0 Å². The van der Waals surface area contributed by atoms with Gasteiger partial charge < -0.3 is 9.88 Å². The van der Waals surface area contributed by atoms with Crippen LogP contribution < -0.4 is 5.32 Å². The molecule has 0 saturated carbocycles. The van der Waals surface area contributed by atoms with Gasteiger partial charge in [0.15, 0.2) is 11.6 Å². The summed E-state index contributed by atoms with van der Waals surface area (Å²) in [4.78, 5) is 21.8. The first kappa shape index (κ1) is 25.7. The molecule has 39 heavy (non-hydrogen) atoms. The number of aryl methyl sites for hydroxylation is 1. The average molecular weight is 537 g/mol. The summed E-state index contributed by atoms with van der Waals surface area (Å²) in [6, 6.07) is 6.82. The van der Waals surface area contributed by atoms with Gasteiger partial charge in [-0.1, -0.05) is 6.07 Å². The SMILES string of the molecule is CC1(C)CCc2nc3c(F)cc(-c4nc(Nc5ccc(CN6CCN(CCF)CC6)cn5)ncc4F)cc3n21. The number of nitrogens with zero attached hydrogens (tertiary/aromatic N) is 7. The van der Waals surface area contributed by atoms with Gasteiger partial charge in [0.25, 0.3) is 0 Å². The Morgan fingerprint density at radius 1 is 0.949 bits per heavy atom. The summed E-state index contributed by atoms with van der Waals surface area (Å²) in [6.07, 6.45) is 4.55. The van der Waals surface area contributed by atoms with E-state index in [1.54, 1.807) is 12.3 Å². The van der Waals surface area contributed by atoms with Crippen LogP contribution in [0.5, 0.6) is 0 Å². The molecule has 0 unspecified atom stereocenters. The molecule has 5 heterocycles. The molecule has 0 atom stereocenters. The van der Waals surface area contributed by atoms with Crippen LogP contribution in [0.4, 0.5) is 24.9 Å². The zero-order chi connectivity index (χ0) is 27.1. The fourth-order valence-corrected chi connectivity index (χ4v) is 5.58. The Morgan fingerprint density at radius 2 is 1.74 bits per heavy atom. The molecule has 1 aromatic carbocycles. The third kappa shape index (κ3) is 5.08. The van der Waals surface area contributed by atoms with Crippen molar-refractivity contribution < 1.29 is 13.2 Å². The van der Waals surface area contributed by atoms with E-state index < -0.39 is 11.6 Å². The second-order valence-electron chi connectivity index (χ2n) is 10.9. The van der Waals surface area contributed by atoms with Crippen molar-refractivity contribution in [3.8, 4) is 11.3 Å². The number of piperazine rings is 1. The Morgan fingerprint density at radius 3 is 2.49 bits per heavy atom. The maximum Gasteiger partial charge on any atom is 0.229 e. The highest BCUT2D eigenvalue weighted by molar-refractivity contribution is 5.83. The van der Waals surface area contributed by atoms with E-state index in [0.717, 1.165) is 63.2 Å². The van der Waals surface area contributed by atoms with Crippen LogP contribution in [0.15, 0.2) is 36.7 Å². The van der Waals surface area contributed by atoms with Gasteiger partial charge in [0.1, 0.15) is 29.5 Å². The highest BCUT2D eigenvalue weighted by atomic mass is 19.1. The van der Waals surface area contributed by atoms with Gasteiger partial charge in [-0.05, 0) is 44.0 Å². The molecule has 3 aromatic heterocycles. The standard InChI is InChI=1S/C28H31F3N8/c1-28(2)6-5-24-35-26-20(30)13-19(14-22(26)39(24)28)25-21(31)16-33-27(36-25)34-23-4-3-18(15-32-23)17-38-11-9-37(8-7-29)10-12-38/h3-4,13-16H,5-12,17H2,1-2H3,(H,32,33,34,36). The summed E-state index contributed by atoms with van der Waals surface area (Å²) < 4.78 is 44.6. The Bertz CT molecular complexity index is 1490. The van der Waals surface area contributed by atoms with Crippen molar-refractivity contribution in [2.45, 2.75) is 38.8 Å². The number of anilines is 2. The van der Waals surface area contributed by atoms with E-state index in [0.29, 0.717) is 29.0 Å². The van der Waals surface area contributed by atoms with Crippen LogP contribution in [0.1, 0.15) is 31.7 Å². The van der Waals surface area contributed by atoms with Crippen LogP contribution in [-0.4, -0.2) is 73.7 Å². The molecule has 0 radical (unpaired) electrons. The van der Waals surface area contributed by atoms with Crippen molar-refractivity contribution in [3.63, 3.8) is 0 Å². The summed E-state index contributed by atoms with van der Waals surface area (Å²) in [5, 5.41) is 3.03. The van der Waals surface area contributed by atoms with Gasteiger partial charge in [0.05, 0.1) is 11.7 Å². The zero-order valence-corrected chi connectivity index (χ0v) is 22.1. The van der Waals surface area contributed by atoms with Crippen LogP contribution in [0, 0.1) is 11.6 Å². The van der Waals surface area contributed by atoms with Crippen LogP contribution in [-0.2, 0) is 18.5 Å². The molecule has 2 aliphatic heterocycles. The topological polar surface area (TPSA) is 75.0 Å². The number of hydrogen-bond acceptors (Lipinski definition) is 7. The first-order valence-corrected chi connectivity index (χ1v) is 13.3. The highest BCUT2D eigenvalue weighted by Gasteiger charge is 2.33. The smallest absolute Gasteiger partial charge is 0.229 e. The van der Waals surface area contributed by atoms with Gasteiger partial charge in [-0.15, -0.1) is 0 Å². The Kier molecular flexibility index (Phi) is 6.72. The summed E-state index contributed by atoms with van der Waals surface area (Å²) in [7, 11) is 0. The number of rotatable bonds is 7. The van der Waals surface area contributed by atoms with Crippen molar-refractivity contribution in [2.24, 2.45) is 0 Å². The van der Waals surface area contributed by atoms with Gasteiger partial charge in [-0.25, -0.2) is 33.1 Å². The number of alkyl halides is 1. The third-order valence-electron chi connectivity index (χ3n) is 7.70. The maximum atomic E-state index is 15.1. The molecular weight excluding hydrogens is 505 g/mol. The van der Waals surface area contributed by atoms with Crippen molar-refractivity contribution in [2.75, 3.05) is 44.7 Å². The van der Waals surface area contributed by atoms with Gasteiger partial charge in [0.2, 0.25) is 5.95 Å². The van der Waals surface area contributed by atoms with Crippen molar-refractivity contribution >= 4 is 22.8 Å². The predicted molar refractivity (Wildman–Crippen MR) is 144 cm³/mol. The lowest BCUT2D eigenvalue weighted by Gasteiger charge is -2.34. The Hall–Kier alpha value is -3.57. The number of pyridine rings is 1. The van der Waals surface area contributed by atoms with E-state index in [4.69, 9.17) is 0 Å². The average Bonchev–Trinajstić information content (AvgIpc) is 3.45. The predicted octanol–water partition coefficient (Wildman–Crippen LogP) is 4.68. The molecule has 1 fully saturated rings. The van der Waals surface area contributed by atoms with Crippen LogP contribution in [0.2, 0.25) is 0 Å². The summed E-state index contributed by atoms with van der Waals surface area (Å²) >= 11 is 0. The largest absolute Gasteiger partial charge is 0.322 e. The molecule has 8 nitrogen and oxygen atoms in total. The summed E-state index contributed by atoms with van der Waals surface area (Å²) in [6.45, 7) is 8.63. The van der Waals surface area contributed by atoms with Crippen LogP contribution in [0.3, 0.4) is 0 Å². The zero-order valence-electron chi connectivity index (χ0n) is 22.1. The molecule has 1 N–H and O–H groups in total. The number of aromatic nitrogens is 5. The number of halogens is 3. The second kappa shape index (κ2) is 10.2. The lowest BCUT2D eigenvalue weighted by atomic mass is 10.0. The van der Waals surface area contributed by atoms with E-state index in [2.05, 4.69) is 48.9 Å². The molecule has 1 saturated heterocycles. The molecule has 2 aliphatic rings. The molecule has 0 aliphatic carbocycles. The number of nitrogens with one attached hydrogen (secondary N) is 1. The van der Waals surface area contributed by atoms with Crippen molar-refractivity contribution in [1.29, 1.82) is 0 Å². The number of hydrogen-bond donors (Lipinski definition) is 1. The minimum absolute atomic E-state index is 0.00294. The number of imidazole rings is 1. The maximum absolute atomic E-state index is 15.1. The Balaban J connectivity index is 1.19. The lowest BCUT2D eigenvalue weighted by molar-refractivity contribution is 0.121. The quantitative estimate of drug-likeness (QED) is 0.368. The second-order valence-corrected chi connectivity index (χ2v) is 10.9. The van der Waals surface area contributed by atoms with E-state index in [-0.39, 0.29) is 23.9 Å². The molecule has 0 amide bonds. The lowest BCUT2D eigenvalue weighted by Crippen LogP contribution is -2.46. The van der Waals surface area contributed by atoms with Gasteiger partial charge in [0, 0.05) is 63.0 Å². The molecule has 204 valence electrons. The highest BCUT2D eigenvalue weighted by Crippen LogP contribution is 2.38. The van der Waals surface area contributed by atoms with E-state index in [1.165, 1.54) is 6.07 Å². The van der Waals surface area contributed by atoms with Gasteiger partial charge in [-0.3, -0.25) is 9.80 Å². The molecule has 0 bridgehead atoms. The first-order valence-electron chi connectivity index (χ1n) is 13.3. The first-order chi connectivity index (χ1) is 18.8. The van der Waals surface area contributed by atoms with Crippen molar-refractivity contribution in [3.05, 3.63) is 59.7 Å².